The minimum Gasteiger partial charge on any atom is -0.496 e. The van der Waals surface area contributed by atoms with Gasteiger partial charge in [-0.15, -0.1) is 0 Å². The first-order valence-electron chi connectivity index (χ1n) is 10.6. The summed E-state index contributed by atoms with van der Waals surface area (Å²) in [5.74, 6) is 4.34. The van der Waals surface area contributed by atoms with Crippen molar-refractivity contribution in [2.75, 3.05) is 48.6 Å². The van der Waals surface area contributed by atoms with Crippen molar-refractivity contribution in [3.63, 3.8) is 0 Å². The smallest absolute Gasteiger partial charge is 0.194 e. The second-order valence-corrected chi connectivity index (χ2v) is 7.34. The molecule has 8 nitrogen and oxygen atoms in total. The zero-order chi connectivity index (χ0) is 23.1. The average Bonchev–Trinajstić information content (AvgIpc) is 2.84. The fraction of sp³-hybridized carbons (Fsp3) is 0.458. The summed E-state index contributed by atoms with van der Waals surface area (Å²) < 4.78 is 27.3. The van der Waals surface area contributed by atoms with E-state index in [1.165, 1.54) is 11.1 Å². The number of rotatable bonds is 8. The molecule has 32 heavy (non-hydrogen) atoms. The Bertz CT molecular complexity index is 961. The van der Waals surface area contributed by atoms with Crippen molar-refractivity contribution in [1.82, 2.24) is 10.2 Å². The molecule has 2 aromatic rings. The largest absolute Gasteiger partial charge is 0.496 e. The number of hydrogen-bond acceptors (Lipinski definition) is 6. The van der Waals surface area contributed by atoms with Crippen LogP contribution in [0.2, 0.25) is 0 Å². The number of aliphatic imine (C=N–C) groups is 1. The normalized spacial score (nSPS) is 13.3. The van der Waals surface area contributed by atoms with Gasteiger partial charge in [-0.2, -0.15) is 0 Å². The summed E-state index contributed by atoms with van der Waals surface area (Å²) in [6, 6.07) is 7.87. The molecule has 3 rings (SSSR count). The highest BCUT2D eigenvalue weighted by atomic mass is 16.5. The van der Waals surface area contributed by atoms with Gasteiger partial charge in [0.2, 0.25) is 0 Å². The molecule has 0 unspecified atom stereocenters. The van der Waals surface area contributed by atoms with Crippen LogP contribution in [-0.4, -0.2) is 59.5 Å². The fourth-order valence-electron chi connectivity index (χ4n) is 3.87. The van der Waals surface area contributed by atoms with Crippen LogP contribution in [0.15, 0.2) is 29.3 Å². The van der Waals surface area contributed by atoms with Crippen LogP contribution >= 0.6 is 0 Å². The minimum absolute atomic E-state index is 0.446. The van der Waals surface area contributed by atoms with Gasteiger partial charge in [0.25, 0.3) is 0 Å². The molecular formula is C24H33N3O5. The number of nitrogens with zero attached hydrogens (tertiary/aromatic N) is 2. The van der Waals surface area contributed by atoms with E-state index in [-0.39, 0.29) is 0 Å². The van der Waals surface area contributed by atoms with E-state index in [4.69, 9.17) is 28.7 Å². The predicted octanol–water partition coefficient (Wildman–Crippen LogP) is 3.25. The van der Waals surface area contributed by atoms with E-state index < -0.39 is 0 Å². The Morgan fingerprint density at radius 1 is 0.812 bits per heavy atom. The molecule has 1 heterocycles. The van der Waals surface area contributed by atoms with Crippen molar-refractivity contribution in [2.24, 2.45) is 4.99 Å². The van der Waals surface area contributed by atoms with Gasteiger partial charge in [0, 0.05) is 31.3 Å². The van der Waals surface area contributed by atoms with Crippen molar-refractivity contribution >= 4 is 5.96 Å². The summed E-state index contributed by atoms with van der Waals surface area (Å²) >= 11 is 0. The van der Waals surface area contributed by atoms with E-state index in [0.717, 1.165) is 49.1 Å². The fourth-order valence-corrected chi connectivity index (χ4v) is 3.87. The van der Waals surface area contributed by atoms with Gasteiger partial charge in [-0.1, -0.05) is 0 Å². The van der Waals surface area contributed by atoms with E-state index in [1.54, 1.807) is 35.5 Å². The summed E-state index contributed by atoms with van der Waals surface area (Å²) in [4.78, 5) is 7.15. The Labute approximate surface area is 190 Å². The van der Waals surface area contributed by atoms with Crippen LogP contribution in [0.1, 0.15) is 23.6 Å². The molecule has 0 saturated heterocycles. The number of benzene rings is 2. The van der Waals surface area contributed by atoms with Gasteiger partial charge in [0.15, 0.2) is 29.0 Å². The minimum atomic E-state index is 0.446. The molecule has 0 saturated carbocycles. The first kappa shape index (κ1) is 23.4. The van der Waals surface area contributed by atoms with Gasteiger partial charge in [-0.05, 0) is 42.7 Å². The molecule has 1 aliphatic heterocycles. The van der Waals surface area contributed by atoms with Crippen LogP contribution < -0.4 is 29.0 Å². The number of nitrogens with one attached hydrogen (secondary N) is 1. The SMILES string of the molecule is CCNC(=NCc1cc(OC)c(OC)cc1OC)N1CCc2cc(OC)c(OC)cc2C1. The van der Waals surface area contributed by atoms with E-state index >= 15 is 0 Å². The Morgan fingerprint density at radius 2 is 1.38 bits per heavy atom. The van der Waals surface area contributed by atoms with E-state index in [0.29, 0.717) is 23.8 Å². The molecule has 1 N–H and O–H groups in total. The van der Waals surface area contributed by atoms with Crippen LogP contribution in [0.3, 0.4) is 0 Å². The second kappa shape index (κ2) is 10.8. The van der Waals surface area contributed by atoms with Gasteiger partial charge in [0.1, 0.15) is 5.75 Å². The lowest BCUT2D eigenvalue weighted by Crippen LogP contribution is -2.44. The van der Waals surface area contributed by atoms with Gasteiger partial charge in [0.05, 0.1) is 42.1 Å². The third kappa shape index (κ3) is 4.95. The first-order valence-corrected chi connectivity index (χ1v) is 10.6. The molecule has 8 heteroatoms. The van der Waals surface area contributed by atoms with Crippen LogP contribution in [0.5, 0.6) is 28.7 Å². The summed E-state index contributed by atoms with van der Waals surface area (Å²) in [6.07, 6.45) is 0.903. The molecule has 0 spiro atoms. The van der Waals surface area contributed by atoms with Crippen molar-refractivity contribution in [3.05, 3.63) is 41.0 Å². The molecule has 0 amide bonds. The van der Waals surface area contributed by atoms with E-state index in [2.05, 4.69) is 29.3 Å². The van der Waals surface area contributed by atoms with Crippen LogP contribution in [0.4, 0.5) is 0 Å². The predicted molar refractivity (Wildman–Crippen MR) is 125 cm³/mol. The van der Waals surface area contributed by atoms with E-state index in [1.807, 2.05) is 12.1 Å². The third-order valence-corrected chi connectivity index (χ3v) is 5.54. The lowest BCUT2D eigenvalue weighted by molar-refractivity contribution is 0.345. The van der Waals surface area contributed by atoms with E-state index in [9.17, 15) is 0 Å². The number of ether oxygens (including phenoxy) is 5. The molecular weight excluding hydrogens is 410 g/mol. The topological polar surface area (TPSA) is 73.8 Å². The molecule has 2 aromatic carbocycles. The zero-order valence-corrected chi connectivity index (χ0v) is 19.8. The van der Waals surface area contributed by atoms with Gasteiger partial charge < -0.3 is 33.9 Å². The lowest BCUT2D eigenvalue weighted by atomic mass is 9.99. The van der Waals surface area contributed by atoms with Crippen LogP contribution in [0, 0.1) is 0 Å². The summed E-state index contributed by atoms with van der Waals surface area (Å²) in [7, 11) is 8.20. The highest BCUT2D eigenvalue weighted by molar-refractivity contribution is 5.80. The molecule has 0 aliphatic carbocycles. The molecule has 1 aliphatic rings. The highest BCUT2D eigenvalue weighted by Crippen LogP contribution is 2.35. The Hall–Kier alpha value is -3.29. The van der Waals surface area contributed by atoms with Crippen molar-refractivity contribution in [2.45, 2.75) is 26.4 Å². The maximum absolute atomic E-state index is 5.55. The molecule has 0 radical (unpaired) electrons. The third-order valence-electron chi connectivity index (χ3n) is 5.54. The zero-order valence-electron chi connectivity index (χ0n) is 19.8. The Kier molecular flexibility index (Phi) is 7.92. The van der Waals surface area contributed by atoms with Gasteiger partial charge in [-0.25, -0.2) is 4.99 Å². The first-order chi connectivity index (χ1) is 15.6. The molecule has 0 aromatic heterocycles. The average molecular weight is 444 g/mol. The molecule has 0 atom stereocenters. The summed E-state index contributed by atoms with van der Waals surface area (Å²) in [5.41, 5.74) is 3.41. The van der Waals surface area contributed by atoms with Crippen LogP contribution in [0.25, 0.3) is 0 Å². The van der Waals surface area contributed by atoms with Gasteiger partial charge in [-0.3, -0.25) is 0 Å². The number of methoxy groups -OCH3 is 5. The maximum Gasteiger partial charge on any atom is 0.194 e. The highest BCUT2D eigenvalue weighted by Gasteiger charge is 2.22. The monoisotopic (exact) mass is 443 g/mol. The summed E-state index contributed by atoms with van der Waals surface area (Å²) in [5, 5.41) is 3.42. The summed E-state index contributed by atoms with van der Waals surface area (Å²) in [6.45, 7) is 4.89. The van der Waals surface area contributed by atoms with Gasteiger partial charge >= 0.3 is 0 Å². The van der Waals surface area contributed by atoms with Crippen LogP contribution in [-0.2, 0) is 19.5 Å². The maximum atomic E-state index is 5.55. The molecule has 0 bridgehead atoms. The van der Waals surface area contributed by atoms with Crippen molar-refractivity contribution in [3.8, 4) is 28.7 Å². The molecule has 0 fully saturated rings. The number of hydrogen-bond donors (Lipinski definition) is 1. The molecule has 174 valence electrons. The second-order valence-electron chi connectivity index (χ2n) is 7.34. The number of guanidine groups is 1. The Balaban J connectivity index is 1.86. The van der Waals surface area contributed by atoms with Crippen molar-refractivity contribution in [1.29, 1.82) is 0 Å². The standard InChI is InChI=1S/C24H33N3O5/c1-7-25-24(26-14-17-11-21(30-4)23(32-6)13-19(17)28-2)27-9-8-16-10-20(29-3)22(31-5)12-18(16)15-27/h10-13H,7-9,14-15H2,1-6H3,(H,25,26). The lowest BCUT2D eigenvalue weighted by Gasteiger charge is -2.32. The van der Waals surface area contributed by atoms with Crippen molar-refractivity contribution < 1.29 is 23.7 Å². The quantitative estimate of drug-likeness (QED) is 0.496. The number of fused-ring (bicyclic) bond motifs is 1. The Morgan fingerprint density at radius 3 is 1.97 bits per heavy atom.